The molecule has 3 amide bonds. The lowest BCUT2D eigenvalue weighted by atomic mass is 10.1. The average molecular weight is 519 g/mol. The van der Waals surface area contributed by atoms with Crippen molar-refractivity contribution in [2.45, 2.75) is 56.5 Å². The molecule has 1 aromatic rings. The lowest BCUT2D eigenvalue weighted by Gasteiger charge is -2.25. The molecule has 0 aliphatic rings. The van der Waals surface area contributed by atoms with Gasteiger partial charge in [0.25, 0.3) is 0 Å². The van der Waals surface area contributed by atoms with Crippen LogP contribution in [-0.4, -0.2) is 98.2 Å². The van der Waals surface area contributed by atoms with Gasteiger partial charge in [-0.3, -0.25) is 14.4 Å². The third-order valence-corrected chi connectivity index (χ3v) is 6.19. The minimum Gasteiger partial charge on any atom is -0.480 e. The van der Waals surface area contributed by atoms with Crippen LogP contribution in [0, 0.1) is 0 Å². The molecular formula is C20H34N6O6S2. The molecule has 0 aliphatic carbocycles. The molecule has 1 aromatic heterocycles. The van der Waals surface area contributed by atoms with Crippen LogP contribution in [0.1, 0.15) is 25.5 Å². The number of hydrogen-bond acceptors (Lipinski definition) is 9. The molecule has 0 saturated carbocycles. The van der Waals surface area contributed by atoms with E-state index in [1.807, 2.05) is 12.5 Å². The highest BCUT2D eigenvalue weighted by molar-refractivity contribution is 7.98. The molecule has 0 radical (unpaired) electrons. The average Bonchev–Trinajstić information content (AvgIpc) is 3.30. The number of hydrogen-bond donors (Lipinski definition) is 7. The summed E-state index contributed by atoms with van der Waals surface area (Å²) < 4.78 is 0. The van der Waals surface area contributed by atoms with Crippen molar-refractivity contribution in [2.75, 3.05) is 24.0 Å². The zero-order valence-corrected chi connectivity index (χ0v) is 21.1. The first-order valence-corrected chi connectivity index (χ1v) is 13.4. The third-order valence-electron chi connectivity index (χ3n) is 4.90. The summed E-state index contributed by atoms with van der Waals surface area (Å²) in [6, 6.07) is -4.46. The summed E-state index contributed by atoms with van der Waals surface area (Å²) in [6.07, 6.45) is 5.98. The van der Waals surface area contributed by atoms with Gasteiger partial charge in [0.15, 0.2) is 0 Å². The number of aliphatic carboxylic acids is 1. The second-order valence-corrected chi connectivity index (χ2v) is 9.60. The number of rotatable bonds is 16. The fourth-order valence-corrected chi connectivity index (χ4v) is 3.80. The van der Waals surface area contributed by atoms with Crippen LogP contribution in [0.2, 0.25) is 0 Å². The SMILES string of the molecule is CSCCC(NC(=O)C(CCSC)NC(=O)C(Cc1cnc[nH]1)NC(=O)C(N)C(C)O)C(=O)O. The highest BCUT2D eigenvalue weighted by Crippen LogP contribution is 2.07. The number of aromatic nitrogens is 2. The van der Waals surface area contributed by atoms with E-state index in [4.69, 9.17) is 5.73 Å². The van der Waals surface area contributed by atoms with Crippen molar-refractivity contribution in [1.82, 2.24) is 25.9 Å². The van der Waals surface area contributed by atoms with E-state index in [2.05, 4.69) is 25.9 Å². The van der Waals surface area contributed by atoms with Gasteiger partial charge in [-0.15, -0.1) is 0 Å². The predicted molar refractivity (Wildman–Crippen MR) is 131 cm³/mol. The Morgan fingerprint density at radius 2 is 1.53 bits per heavy atom. The van der Waals surface area contributed by atoms with Gasteiger partial charge in [-0.1, -0.05) is 0 Å². The summed E-state index contributed by atoms with van der Waals surface area (Å²) in [5, 5.41) is 26.6. The summed E-state index contributed by atoms with van der Waals surface area (Å²) in [4.78, 5) is 56.6. The number of aliphatic hydroxyl groups excluding tert-OH is 1. The van der Waals surface area contributed by atoms with Crippen molar-refractivity contribution in [2.24, 2.45) is 5.73 Å². The highest BCUT2D eigenvalue weighted by atomic mass is 32.2. The molecule has 34 heavy (non-hydrogen) atoms. The van der Waals surface area contributed by atoms with E-state index in [1.54, 1.807) is 0 Å². The van der Waals surface area contributed by atoms with E-state index in [-0.39, 0.29) is 19.3 Å². The first kappa shape index (κ1) is 29.7. The third kappa shape index (κ3) is 10.3. The number of amides is 3. The van der Waals surface area contributed by atoms with E-state index in [0.717, 1.165) is 0 Å². The zero-order chi connectivity index (χ0) is 25.7. The topological polar surface area (TPSA) is 200 Å². The Hall–Kier alpha value is -2.29. The van der Waals surface area contributed by atoms with Crippen LogP contribution >= 0.6 is 23.5 Å². The zero-order valence-electron chi connectivity index (χ0n) is 19.4. The smallest absolute Gasteiger partial charge is 0.326 e. The quantitative estimate of drug-likeness (QED) is 0.138. The lowest BCUT2D eigenvalue weighted by Crippen LogP contribution is -2.58. The Bertz CT molecular complexity index is 795. The fraction of sp³-hybridized carbons (Fsp3) is 0.650. The Morgan fingerprint density at radius 3 is 2.03 bits per heavy atom. The van der Waals surface area contributed by atoms with Gasteiger partial charge in [0.2, 0.25) is 17.7 Å². The molecule has 0 aliphatic heterocycles. The van der Waals surface area contributed by atoms with Crippen molar-refractivity contribution >= 4 is 47.2 Å². The normalized spacial score (nSPS) is 15.4. The van der Waals surface area contributed by atoms with Gasteiger partial charge in [-0.25, -0.2) is 9.78 Å². The van der Waals surface area contributed by atoms with Crippen molar-refractivity contribution < 1.29 is 29.4 Å². The molecule has 1 rings (SSSR count). The Labute approximate surface area is 207 Å². The van der Waals surface area contributed by atoms with Crippen LogP contribution in [0.4, 0.5) is 0 Å². The van der Waals surface area contributed by atoms with Gasteiger partial charge in [0.1, 0.15) is 24.2 Å². The number of nitrogens with two attached hydrogens (primary N) is 1. The molecule has 5 unspecified atom stereocenters. The number of carboxylic acid groups (broad SMARTS) is 1. The Kier molecular flexibility index (Phi) is 13.6. The van der Waals surface area contributed by atoms with Gasteiger partial charge in [-0.2, -0.15) is 23.5 Å². The van der Waals surface area contributed by atoms with E-state index < -0.39 is 54.0 Å². The Morgan fingerprint density at radius 1 is 1.00 bits per heavy atom. The largest absolute Gasteiger partial charge is 0.480 e. The number of carbonyl (C=O) groups excluding carboxylic acids is 3. The summed E-state index contributed by atoms with van der Waals surface area (Å²) in [5.41, 5.74) is 6.24. The van der Waals surface area contributed by atoms with Crippen LogP contribution in [-0.2, 0) is 25.6 Å². The number of nitrogens with zero attached hydrogens (tertiary/aromatic N) is 1. The molecule has 0 spiro atoms. The van der Waals surface area contributed by atoms with Gasteiger partial charge in [0, 0.05) is 18.3 Å². The maximum absolute atomic E-state index is 13.1. The molecular weight excluding hydrogens is 484 g/mol. The van der Waals surface area contributed by atoms with Gasteiger partial charge >= 0.3 is 5.97 Å². The van der Waals surface area contributed by atoms with Crippen molar-refractivity contribution in [3.63, 3.8) is 0 Å². The van der Waals surface area contributed by atoms with Crippen LogP contribution in [0.25, 0.3) is 0 Å². The molecule has 5 atom stereocenters. The number of thioether (sulfide) groups is 2. The Balaban J connectivity index is 3.00. The molecule has 14 heteroatoms. The van der Waals surface area contributed by atoms with Crippen LogP contribution in [0.3, 0.4) is 0 Å². The molecule has 0 saturated heterocycles. The second kappa shape index (κ2) is 15.6. The molecule has 192 valence electrons. The number of H-pyrrole nitrogens is 1. The standard InChI is InChI=1S/C20H34N6O6S2/c1-11(27)16(21)19(30)26-15(8-12-9-22-10-23-12)18(29)24-13(4-6-33-2)17(28)25-14(20(31)32)5-7-34-3/h9-11,13-16,27H,4-8,21H2,1-3H3,(H,22,23)(H,24,29)(H,25,28)(H,26,30)(H,31,32). The molecule has 8 N–H and O–H groups in total. The monoisotopic (exact) mass is 518 g/mol. The van der Waals surface area contributed by atoms with E-state index >= 15 is 0 Å². The lowest BCUT2D eigenvalue weighted by molar-refractivity contribution is -0.142. The summed E-state index contributed by atoms with van der Waals surface area (Å²) in [7, 11) is 0. The molecule has 0 aromatic carbocycles. The predicted octanol–water partition coefficient (Wildman–Crippen LogP) is -1.29. The van der Waals surface area contributed by atoms with E-state index in [0.29, 0.717) is 17.2 Å². The first-order valence-electron chi connectivity index (χ1n) is 10.6. The van der Waals surface area contributed by atoms with Gasteiger partial charge < -0.3 is 36.9 Å². The summed E-state index contributed by atoms with van der Waals surface area (Å²) in [5.74, 6) is -2.09. The molecule has 0 fully saturated rings. The summed E-state index contributed by atoms with van der Waals surface area (Å²) >= 11 is 2.92. The van der Waals surface area contributed by atoms with Crippen molar-refractivity contribution in [3.8, 4) is 0 Å². The van der Waals surface area contributed by atoms with Crippen molar-refractivity contribution in [3.05, 3.63) is 18.2 Å². The number of nitrogens with one attached hydrogen (secondary N) is 4. The van der Waals surface area contributed by atoms with Crippen LogP contribution in [0.5, 0.6) is 0 Å². The van der Waals surface area contributed by atoms with E-state index in [1.165, 1.54) is 43.0 Å². The van der Waals surface area contributed by atoms with Crippen LogP contribution in [0.15, 0.2) is 12.5 Å². The van der Waals surface area contributed by atoms with E-state index in [9.17, 15) is 29.4 Å². The van der Waals surface area contributed by atoms with Crippen molar-refractivity contribution in [1.29, 1.82) is 0 Å². The highest BCUT2D eigenvalue weighted by Gasteiger charge is 2.31. The molecule has 1 heterocycles. The van der Waals surface area contributed by atoms with Gasteiger partial charge in [-0.05, 0) is 43.8 Å². The number of carbonyl (C=O) groups is 4. The minimum absolute atomic E-state index is 0.0342. The van der Waals surface area contributed by atoms with Crippen LogP contribution < -0.4 is 21.7 Å². The first-order chi connectivity index (χ1) is 16.1. The molecule has 0 bridgehead atoms. The second-order valence-electron chi connectivity index (χ2n) is 7.63. The number of aliphatic hydroxyl groups is 1. The number of aromatic amines is 1. The summed E-state index contributed by atoms with van der Waals surface area (Å²) in [6.45, 7) is 1.35. The minimum atomic E-state index is -1.25. The molecule has 12 nitrogen and oxygen atoms in total. The fourth-order valence-electron chi connectivity index (χ4n) is 2.85. The number of imidazole rings is 1. The maximum atomic E-state index is 13.1. The number of carboxylic acids is 1. The maximum Gasteiger partial charge on any atom is 0.326 e. The van der Waals surface area contributed by atoms with Gasteiger partial charge in [0.05, 0.1) is 12.4 Å².